The molecular weight excluding hydrogens is 300 g/mol. The molecule has 0 spiro atoms. The van der Waals surface area contributed by atoms with Gasteiger partial charge in [0.15, 0.2) is 0 Å². The third-order valence-electron chi connectivity index (χ3n) is 3.82. The SMILES string of the molecule is Cc1nnc(CN(C)C[C@H](c2cccs2)N2CCOCC2)o1. The molecule has 1 aliphatic rings. The number of morpholine rings is 1. The minimum Gasteiger partial charge on any atom is -0.424 e. The van der Waals surface area contributed by atoms with Gasteiger partial charge in [-0.2, -0.15) is 0 Å². The van der Waals surface area contributed by atoms with E-state index in [-0.39, 0.29) is 0 Å². The molecule has 1 atom stereocenters. The lowest BCUT2D eigenvalue weighted by Crippen LogP contribution is -2.42. The Morgan fingerprint density at radius 1 is 1.36 bits per heavy atom. The van der Waals surface area contributed by atoms with Crippen LogP contribution in [0.2, 0.25) is 0 Å². The lowest BCUT2D eigenvalue weighted by Gasteiger charge is -2.35. The second kappa shape index (κ2) is 7.32. The predicted molar refractivity (Wildman–Crippen MR) is 84.8 cm³/mol. The fourth-order valence-corrected chi connectivity index (χ4v) is 3.60. The molecule has 1 fully saturated rings. The largest absolute Gasteiger partial charge is 0.424 e. The fraction of sp³-hybridized carbons (Fsp3) is 0.600. The van der Waals surface area contributed by atoms with Crippen LogP contribution in [0.1, 0.15) is 22.7 Å². The van der Waals surface area contributed by atoms with Gasteiger partial charge in [0.05, 0.1) is 25.8 Å². The number of aryl methyl sites for hydroxylation is 1. The summed E-state index contributed by atoms with van der Waals surface area (Å²) >= 11 is 1.82. The van der Waals surface area contributed by atoms with Crippen molar-refractivity contribution in [3.63, 3.8) is 0 Å². The van der Waals surface area contributed by atoms with Gasteiger partial charge in [0.1, 0.15) is 0 Å². The van der Waals surface area contributed by atoms with Crippen LogP contribution in [0.5, 0.6) is 0 Å². The molecular formula is C15H22N4O2S. The zero-order valence-corrected chi connectivity index (χ0v) is 13.9. The predicted octanol–water partition coefficient (Wildman–Crippen LogP) is 1.94. The van der Waals surface area contributed by atoms with Gasteiger partial charge >= 0.3 is 0 Å². The van der Waals surface area contributed by atoms with Gasteiger partial charge in [0.2, 0.25) is 11.8 Å². The van der Waals surface area contributed by atoms with E-state index in [0.717, 1.165) is 32.8 Å². The highest BCUT2D eigenvalue weighted by molar-refractivity contribution is 7.10. The first-order chi connectivity index (χ1) is 10.7. The van der Waals surface area contributed by atoms with Gasteiger partial charge in [-0.15, -0.1) is 21.5 Å². The summed E-state index contributed by atoms with van der Waals surface area (Å²) in [4.78, 5) is 6.15. The first-order valence-electron chi connectivity index (χ1n) is 7.55. The molecule has 3 heterocycles. The van der Waals surface area contributed by atoms with E-state index >= 15 is 0 Å². The number of aromatic nitrogens is 2. The summed E-state index contributed by atoms with van der Waals surface area (Å²) in [5.74, 6) is 1.29. The van der Waals surface area contributed by atoms with Crippen molar-refractivity contribution in [2.24, 2.45) is 0 Å². The maximum atomic E-state index is 5.49. The molecule has 0 aliphatic carbocycles. The van der Waals surface area contributed by atoms with E-state index < -0.39 is 0 Å². The lowest BCUT2D eigenvalue weighted by atomic mass is 10.1. The molecule has 0 saturated carbocycles. The summed E-state index contributed by atoms with van der Waals surface area (Å²) in [5.41, 5.74) is 0. The van der Waals surface area contributed by atoms with Crippen molar-refractivity contribution >= 4 is 11.3 Å². The number of thiophene rings is 1. The van der Waals surface area contributed by atoms with Crippen molar-refractivity contribution in [2.45, 2.75) is 19.5 Å². The van der Waals surface area contributed by atoms with E-state index in [0.29, 0.717) is 24.4 Å². The van der Waals surface area contributed by atoms with Crippen molar-refractivity contribution in [1.82, 2.24) is 20.0 Å². The number of hydrogen-bond acceptors (Lipinski definition) is 7. The number of nitrogens with zero attached hydrogens (tertiary/aromatic N) is 4. The topological polar surface area (TPSA) is 54.6 Å². The van der Waals surface area contributed by atoms with E-state index in [1.807, 2.05) is 18.3 Å². The van der Waals surface area contributed by atoms with E-state index in [9.17, 15) is 0 Å². The Balaban J connectivity index is 1.66. The van der Waals surface area contributed by atoms with Crippen LogP contribution < -0.4 is 0 Å². The summed E-state index contributed by atoms with van der Waals surface area (Å²) in [6, 6.07) is 4.72. The molecule has 7 heteroatoms. The summed E-state index contributed by atoms with van der Waals surface area (Å²) in [6.45, 7) is 7.02. The quantitative estimate of drug-likeness (QED) is 0.810. The molecule has 0 radical (unpaired) electrons. The Hall–Kier alpha value is -1.28. The van der Waals surface area contributed by atoms with Crippen molar-refractivity contribution in [1.29, 1.82) is 0 Å². The zero-order chi connectivity index (χ0) is 15.4. The van der Waals surface area contributed by atoms with Gasteiger partial charge in [-0.1, -0.05) is 6.07 Å². The van der Waals surface area contributed by atoms with E-state index in [1.165, 1.54) is 4.88 Å². The van der Waals surface area contributed by atoms with Gasteiger partial charge in [-0.05, 0) is 18.5 Å². The number of likely N-dealkylation sites (N-methyl/N-ethyl adjacent to an activating group) is 1. The standard InChI is InChI=1S/C15H22N4O2S/c1-12-16-17-15(21-12)11-18(2)10-13(14-4-3-9-22-14)19-5-7-20-8-6-19/h3-4,9,13H,5-8,10-11H2,1-2H3/t13-/m1/s1. The summed E-state index contributed by atoms with van der Waals surface area (Å²) < 4.78 is 11.0. The smallest absolute Gasteiger partial charge is 0.230 e. The average Bonchev–Trinajstić information content (AvgIpc) is 3.18. The summed E-state index contributed by atoms with van der Waals surface area (Å²) in [5, 5.41) is 10.1. The molecule has 0 aromatic carbocycles. The highest BCUT2D eigenvalue weighted by Crippen LogP contribution is 2.27. The van der Waals surface area contributed by atoms with Crippen LogP contribution in [0.25, 0.3) is 0 Å². The molecule has 0 amide bonds. The first kappa shape index (κ1) is 15.6. The molecule has 0 N–H and O–H groups in total. The van der Waals surface area contributed by atoms with Crippen molar-refractivity contribution in [2.75, 3.05) is 39.9 Å². The van der Waals surface area contributed by atoms with Gasteiger partial charge in [0.25, 0.3) is 0 Å². The normalized spacial score (nSPS) is 18.0. The van der Waals surface area contributed by atoms with Crippen LogP contribution >= 0.6 is 11.3 Å². The molecule has 0 unspecified atom stereocenters. The van der Waals surface area contributed by atoms with Crippen LogP contribution in [0.3, 0.4) is 0 Å². The number of rotatable bonds is 6. The van der Waals surface area contributed by atoms with Crippen molar-refractivity contribution in [3.05, 3.63) is 34.2 Å². The minimum absolute atomic E-state index is 0.387. The molecule has 120 valence electrons. The molecule has 2 aromatic rings. The van der Waals surface area contributed by atoms with Crippen LogP contribution in [-0.4, -0.2) is 59.9 Å². The second-order valence-corrected chi connectivity index (χ2v) is 6.57. The summed E-state index contributed by atoms with van der Waals surface area (Å²) in [7, 11) is 2.10. The Labute approximate surface area is 134 Å². The van der Waals surface area contributed by atoms with Crippen LogP contribution in [-0.2, 0) is 11.3 Å². The third kappa shape index (κ3) is 3.92. The monoisotopic (exact) mass is 322 g/mol. The van der Waals surface area contributed by atoms with Crippen molar-refractivity contribution in [3.8, 4) is 0 Å². The Bertz CT molecular complexity index is 566. The Kier molecular flexibility index (Phi) is 5.20. The first-order valence-corrected chi connectivity index (χ1v) is 8.43. The maximum absolute atomic E-state index is 5.49. The van der Waals surface area contributed by atoms with Crippen molar-refractivity contribution < 1.29 is 9.15 Å². The number of hydrogen-bond donors (Lipinski definition) is 0. The van der Waals surface area contributed by atoms with Crippen LogP contribution in [0.15, 0.2) is 21.9 Å². The molecule has 6 nitrogen and oxygen atoms in total. The fourth-order valence-electron chi connectivity index (χ4n) is 2.75. The third-order valence-corrected chi connectivity index (χ3v) is 4.79. The van der Waals surface area contributed by atoms with E-state index in [4.69, 9.17) is 9.15 Å². The molecule has 1 aliphatic heterocycles. The zero-order valence-electron chi connectivity index (χ0n) is 13.1. The van der Waals surface area contributed by atoms with Gasteiger partial charge in [0, 0.05) is 31.4 Å². The molecule has 2 aromatic heterocycles. The molecule has 22 heavy (non-hydrogen) atoms. The van der Waals surface area contributed by atoms with E-state index in [1.54, 1.807) is 0 Å². The molecule has 0 bridgehead atoms. The van der Waals surface area contributed by atoms with Crippen LogP contribution in [0, 0.1) is 6.92 Å². The Morgan fingerprint density at radius 3 is 2.82 bits per heavy atom. The minimum atomic E-state index is 0.387. The van der Waals surface area contributed by atoms with E-state index in [2.05, 4.69) is 44.6 Å². The summed E-state index contributed by atoms with van der Waals surface area (Å²) in [6.07, 6.45) is 0. The van der Waals surface area contributed by atoms with Crippen LogP contribution in [0.4, 0.5) is 0 Å². The van der Waals surface area contributed by atoms with Gasteiger partial charge < -0.3 is 9.15 Å². The highest BCUT2D eigenvalue weighted by Gasteiger charge is 2.25. The lowest BCUT2D eigenvalue weighted by molar-refractivity contribution is 0.00917. The average molecular weight is 322 g/mol. The van der Waals surface area contributed by atoms with Gasteiger partial charge in [-0.3, -0.25) is 9.80 Å². The second-order valence-electron chi connectivity index (χ2n) is 5.59. The molecule has 3 rings (SSSR count). The number of ether oxygens (including phenoxy) is 1. The Morgan fingerprint density at radius 2 is 2.18 bits per heavy atom. The molecule has 1 saturated heterocycles. The highest BCUT2D eigenvalue weighted by atomic mass is 32.1. The maximum Gasteiger partial charge on any atom is 0.230 e. The van der Waals surface area contributed by atoms with Gasteiger partial charge in [-0.25, -0.2) is 0 Å².